The van der Waals surface area contributed by atoms with E-state index in [1.54, 1.807) is 22.3 Å². The van der Waals surface area contributed by atoms with Gasteiger partial charge in [-0.15, -0.1) is 0 Å². The molecule has 2 amide bonds. The first-order chi connectivity index (χ1) is 15.5. The zero-order chi connectivity index (χ0) is 22.2. The SMILES string of the molecule is C[C@@H](c1ccccc1)N(C)c1nccc(-n2cnc3cc(N4CCN(C)C4=O)ccc32)n1. The van der Waals surface area contributed by atoms with Crippen molar-refractivity contribution in [2.75, 3.05) is 37.0 Å². The topological polar surface area (TPSA) is 70.4 Å². The monoisotopic (exact) mass is 427 g/mol. The number of fused-ring (bicyclic) bond motifs is 1. The summed E-state index contributed by atoms with van der Waals surface area (Å²) in [7, 11) is 3.82. The van der Waals surface area contributed by atoms with Crippen molar-refractivity contribution in [2.24, 2.45) is 0 Å². The summed E-state index contributed by atoms with van der Waals surface area (Å²) in [6.45, 7) is 3.54. The maximum absolute atomic E-state index is 12.3. The number of anilines is 2. The van der Waals surface area contributed by atoms with Crippen LogP contribution in [0.2, 0.25) is 0 Å². The van der Waals surface area contributed by atoms with Crippen molar-refractivity contribution >= 4 is 28.7 Å². The molecule has 1 saturated heterocycles. The lowest BCUT2D eigenvalue weighted by molar-refractivity contribution is 0.229. The smallest absolute Gasteiger partial charge is 0.324 e. The number of amides is 2. The summed E-state index contributed by atoms with van der Waals surface area (Å²) >= 11 is 0. The van der Waals surface area contributed by atoms with Crippen LogP contribution in [0.4, 0.5) is 16.4 Å². The van der Waals surface area contributed by atoms with Crippen molar-refractivity contribution in [1.29, 1.82) is 0 Å². The van der Waals surface area contributed by atoms with Gasteiger partial charge in [-0.1, -0.05) is 30.3 Å². The zero-order valence-electron chi connectivity index (χ0n) is 18.4. The Morgan fingerprint density at radius 1 is 1.03 bits per heavy atom. The molecule has 0 unspecified atom stereocenters. The van der Waals surface area contributed by atoms with Crippen LogP contribution in [0.1, 0.15) is 18.5 Å². The van der Waals surface area contributed by atoms with Crippen molar-refractivity contribution in [3.63, 3.8) is 0 Å². The highest BCUT2D eigenvalue weighted by Gasteiger charge is 2.27. The maximum atomic E-state index is 12.3. The minimum absolute atomic E-state index is 0.0137. The van der Waals surface area contributed by atoms with E-state index in [0.29, 0.717) is 12.5 Å². The molecular formula is C24H25N7O. The molecule has 4 aromatic rings. The van der Waals surface area contributed by atoms with Crippen LogP contribution in [0.15, 0.2) is 67.1 Å². The second kappa shape index (κ2) is 7.96. The van der Waals surface area contributed by atoms with Gasteiger partial charge in [0.15, 0.2) is 0 Å². The van der Waals surface area contributed by atoms with Crippen LogP contribution in [-0.2, 0) is 0 Å². The number of aromatic nitrogens is 4. The number of carbonyl (C=O) groups is 1. The molecule has 162 valence electrons. The quantitative estimate of drug-likeness (QED) is 0.483. The summed E-state index contributed by atoms with van der Waals surface area (Å²) in [4.78, 5) is 31.7. The van der Waals surface area contributed by atoms with E-state index >= 15 is 0 Å². The number of carbonyl (C=O) groups excluding carboxylic acids is 1. The van der Waals surface area contributed by atoms with Crippen molar-refractivity contribution in [1.82, 2.24) is 24.4 Å². The molecule has 2 aromatic carbocycles. The summed E-state index contributed by atoms with van der Waals surface area (Å²) in [6, 6.07) is 18.2. The van der Waals surface area contributed by atoms with E-state index < -0.39 is 0 Å². The molecule has 1 aliphatic heterocycles. The molecule has 1 fully saturated rings. The molecule has 0 N–H and O–H groups in total. The zero-order valence-corrected chi connectivity index (χ0v) is 18.4. The van der Waals surface area contributed by atoms with Crippen LogP contribution >= 0.6 is 0 Å². The molecule has 2 aromatic heterocycles. The van der Waals surface area contributed by atoms with Gasteiger partial charge in [0.05, 0.1) is 17.1 Å². The molecular weight excluding hydrogens is 402 g/mol. The molecule has 1 atom stereocenters. The Bertz CT molecular complexity index is 1270. The molecule has 32 heavy (non-hydrogen) atoms. The number of hydrogen-bond donors (Lipinski definition) is 0. The molecule has 8 heteroatoms. The Kier molecular flexibility index (Phi) is 4.97. The van der Waals surface area contributed by atoms with E-state index in [1.165, 1.54) is 5.56 Å². The van der Waals surface area contributed by atoms with Crippen LogP contribution in [0.25, 0.3) is 16.9 Å². The van der Waals surface area contributed by atoms with Gasteiger partial charge < -0.3 is 9.80 Å². The number of urea groups is 1. The number of benzene rings is 2. The summed E-state index contributed by atoms with van der Waals surface area (Å²) in [6.07, 6.45) is 3.53. The van der Waals surface area contributed by atoms with Crippen LogP contribution in [0, 0.1) is 0 Å². The third kappa shape index (κ3) is 3.43. The van der Waals surface area contributed by atoms with E-state index in [4.69, 9.17) is 4.98 Å². The summed E-state index contributed by atoms with van der Waals surface area (Å²) in [5.74, 6) is 1.39. The van der Waals surface area contributed by atoms with Gasteiger partial charge in [-0.3, -0.25) is 9.47 Å². The summed E-state index contributed by atoms with van der Waals surface area (Å²) in [5.41, 5.74) is 3.80. The first kappa shape index (κ1) is 20.0. The average Bonchev–Trinajstić information content (AvgIpc) is 3.41. The molecule has 1 aliphatic rings. The number of hydrogen-bond acceptors (Lipinski definition) is 5. The fraction of sp³-hybridized carbons (Fsp3) is 0.250. The lowest BCUT2D eigenvalue weighted by Gasteiger charge is -2.25. The molecule has 3 heterocycles. The van der Waals surface area contributed by atoms with Crippen molar-refractivity contribution in [3.05, 3.63) is 72.7 Å². The van der Waals surface area contributed by atoms with Gasteiger partial charge in [0, 0.05) is 39.1 Å². The molecule has 0 aliphatic carbocycles. The largest absolute Gasteiger partial charge is 0.337 e. The third-order valence-electron chi connectivity index (χ3n) is 6.11. The molecule has 0 bridgehead atoms. The Labute approximate surface area is 186 Å². The van der Waals surface area contributed by atoms with E-state index in [-0.39, 0.29) is 12.1 Å². The van der Waals surface area contributed by atoms with Gasteiger partial charge in [0.2, 0.25) is 5.95 Å². The van der Waals surface area contributed by atoms with E-state index in [1.807, 2.05) is 61.1 Å². The van der Waals surface area contributed by atoms with Crippen molar-refractivity contribution in [2.45, 2.75) is 13.0 Å². The Balaban J connectivity index is 1.45. The minimum Gasteiger partial charge on any atom is -0.337 e. The van der Waals surface area contributed by atoms with Gasteiger partial charge in [0.25, 0.3) is 0 Å². The van der Waals surface area contributed by atoms with Gasteiger partial charge in [-0.2, -0.15) is 4.98 Å². The fourth-order valence-corrected chi connectivity index (χ4v) is 4.01. The van der Waals surface area contributed by atoms with Crippen LogP contribution in [0.5, 0.6) is 0 Å². The first-order valence-electron chi connectivity index (χ1n) is 10.6. The normalized spacial score (nSPS) is 14.9. The Morgan fingerprint density at radius 3 is 2.59 bits per heavy atom. The second-order valence-corrected chi connectivity index (χ2v) is 8.06. The fourth-order valence-electron chi connectivity index (χ4n) is 4.01. The van der Waals surface area contributed by atoms with Crippen LogP contribution < -0.4 is 9.80 Å². The van der Waals surface area contributed by atoms with Gasteiger partial charge >= 0.3 is 6.03 Å². The highest BCUT2D eigenvalue weighted by molar-refractivity contribution is 5.96. The lowest BCUT2D eigenvalue weighted by atomic mass is 10.1. The van der Waals surface area contributed by atoms with Crippen molar-refractivity contribution < 1.29 is 4.79 Å². The Hall–Kier alpha value is -3.94. The van der Waals surface area contributed by atoms with E-state index in [0.717, 1.165) is 29.1 Å². The number of rotatable bonds is 5. The van der Waals surface area contributed by atoms with E-state index in [9.17, 15) is 4.79 Å². The number of imidazole rings is 1. The molecule has 5 rings (SSSR count). The number of likely N-dealkylation sites (N-methyl/N-ethyl adjacent to an activating group) is 1. The van der Waals surface area contributed by atoms with Gasteiger partial charge in [-0.05, 0) is 36.8 Å². The number of nitrogens with zero attached hydrogens (tertiary/aromatic N) is 7. The van der Waals surface area contributed by atoms with E-state index in [2.05, 4.69) is 33.9 Å². The van der Waals surface area contributed by atoms with Gasteiger partial charge in [0.1, 0.15) is 12.1 Å². The summed E-state index contributed by atoms with van der Waals surface area (Å²) in [5, 5.41) is 0. The molecule has 0 radical (unpaired) electrons. The molecule has 0 spiro atoms. The minimum atomic E-state index is 0.0137. The second-order valence-electron chi connectivity index (χ2n) is 8.06. The third-order valence-corrected chi connectivity index (χ3v) is 6.11. The Morgan fingerprint density at radius 2 is 1.84 bits per heavy atom. The standard InChI is InChI=1S/C24H25N7O/c1-17(18-7-5-4-6-8-18)29(3)23-25-12-11-22(27-23)31-16-26-20-15-19(9-10-21(20)31)30-14-13-28(2)24(30)32/h4-12,15-17H,13-14H2,1-3H3/t17-/m0/s1. The average molecular weight is 428 g/mol. The first-order valence-corrected chi connectivity index (χ1v) is 10.6. The predicted octanol–water partition coefficient (Wildman–Crippen LogP) is 3.88. The lowest BCUT2D eigenvalue weighted by Crippen LogP contribution is -2.29. The molecule has 0 saturated carbocycles. The van der Waals surface area contributed by atoms with Crippen LogP contribution in [0.3, 0.4) is 0 Å². The highest BCUT2D eigenvalue weighted by atomic mass is 16.2. The molecule has 8 nitrogen and oxygen atoms in total. The maximum Gasteiger partial charge on any atom is 0.324 e. The predicted molar refractivity (Wildman–Crippen MR) is 125 cm³/mol. The van der Waals surface area contributed by atoms with Crippen LogP contribution in [-0.4, -0.2) is 57.6 Å². The van der Waals surface area contributed by atoms with Crippen molar-refractivity contribution in [3.8, 4) is 5.82 Å². The summed E-state index contributed by atoms with van der Waals surface area (Å²) < 4.78 is 1.95. The van der Waals surface area contributed by atoms with Gasteiger partial charge in [-0.25, -0.2) is 14.8 Å². The highest BCUT2D eigenvalue weighted by Crippen LogP contribution is 2.27.